The molecule has 0 spiro atoms. The summed E-state index contributed by atoms with van der Waals surface area (Å²) < 4.78 is 0. The van der Waals surface area contributed by atoms with Gasteiger partial charge in [-0.3, -0.25) is 0 Å². The third-order valence-corrected chi connectivity index (χ3v) is 4.73. The van der Waals surface area contributed by atoms with Crippen molar-refractivity contribution in [1.29, 1.82) is 0 Å². The van der Waals surface area contributed by atoms with E-state index in [0.717, 1.165) is 5.54 Å². The van der Waals surface area contributed by atoms with Crippen molar-refractivity contribution in [2.24, 2.45) is 0 Å². The summed E-state index contributed by atoms with van der Waals surface area (Å²) in [4.78, 5) is 0. The summed E-state index contributed by atoms with van der Waals surface area (Å²) in [6.45, 7) is 4.90. The Labute approximate surface area is 72.3 Å². The molecule has 0 heterocycles. The van der Waals surface area contributed by atoms with E-state index in [0.29, 0.717) is 0 Å². The summed E-state index contributed by atoms with van der Waals surface area (Å²) in [6.07, 6.45) is 11.8. The minimum absolute atomic E-state index is 0.0254. The van der Waals surface area contributed by atoms with Gasteiger partial charge in [-0.15, -0.1) is 0 Å². The first-order valence-electron chi connectivity index (χ1n) is 4.76. The molecule has 0 bridgehead atoms. The predicted molar refractivity (Wildman–Crippen MR) is 53.5 cm³/mol. The van der Waals surface area contributed by atoms with E-state index < -0.39 is 0 Å². The molecule has 1 aliphatic carbocycles. The first-order valence-corrected chi connectivity index (χ1v) is 7.33. The van der Waals surface area contributed by atoms with E-state index in [1.807, 2.05) is 0 Å². The summed E-state index contributed by atoms with van der Waals surface area (Å²) in [5, 5.41) is 0. The first kappa shape index (κ1) is 9.05. The third-order valence-electron chi connectivity index (χ3n) is 2.58. The van der Waals surface area contributed by atoms with Gasteiger partial charge in [0.25, 0.3) is 0 Å². The SMILES string of the molecule is C[Si](C)C1C/C=C\CCCC1. The second-order valence-corrected chi connectivity index (χ2v) is 6.74. The molecule has 0 aromatic rings. The quantitative estimate of drug-likeness (QED) is 0.413. The lowest BCUT2D eigenvalue weighted by Crippen LogP contribution is -2.12. The van der Waals surface area contributed by atoms with Crippen LogP contribution in [-0.4, -0.2) is 8.80 Å². The van der Waals surface area contributed by atoms with Gasteiger partial charge in [0.05, 0.1) is 0 Å². The number of hydrogen-bond acceptors (Lipinski definition) is 0. The van der Waals surface area contributed by atoms with Crippen molar-refractivity contribution < 1.29 is 0 Å². The van der Waals surface area contributed by atoms with Gasteiger partial charge < -0.3 is 0 Å². The summed E-state index contributed by atoms with van der Waals surface area (Å²) in [5.74, 6) is 0. The smallest absolute Gasteiger partial charge is 0.0449 e. The van der Waals surface area contributed by atoms with Gasteiger partial charge in [-0.2, -0.15) is 0 Å². The monoisotopic (exact) mass is 167 g/mol. The Morgan fingerprint density at radius 2 is 2.00 bits per heavy atom. The van der Waals surface area contributed by atoms with Gasteiger partial charge in [0.2, 0.25) is 0 Å². The molecule has 0 amide bonds. The van der Waals surface area contributed by atoms with Crippen molar-refractivity contribution >= 4 is 8.80 Å². The van der Waals surface area contributed by atoms with E-state index in [2.05, 4.69) is 25.2 Å². The second-order valence-electron chi connectivity index (χ2n) is 3.77. The summed E-state index contributed by atoms with van der Waals surface area (Å²) in [6, 6.07) is 0. The maximum absolute atomic E-state index is 2.45. The number of hydrogen-bond donors (Lipinski definition) is 0. The van der Waals surface area contributed by atoms with Crippen molar-refractivity contribution in [2.75, 3.05) is 0 Å². The molecule has 0 fully saturated rings. The maximum atomic E-state index is 2.45. The highest BCUT2D eigenvalue weighted by molar-refractivity contribution is 6.57. The van der Waals surface area contributed by atoms with E-state index >= 15 is 0 Å². The van der Waals surface area contributed by atoms with Gasteiger partial charge >= 0.3 is 0 Å². The van der Waals surface area contributed by atoms with E-state index in [9.17, 15) is 0 Å². The van der Waals surface area contributed by atoms with Crippen LogP contribution >= 0.6 is 0 Å². The third kappa shape index (κ3) is 3.24. The molecule has 63 valence electrons. The maximum Gasteiger partial charge on any atom is 0.0449 e. The van der Waals surface area contributed by atoms with E-state index in [-0.39, 0.29) is 8.80 Å². The fourth-order valence-electron chi connectivity index (χ4n) is 1.67. The predicted octanol–water partition coefficient (Wildman–Crippen LogP) is 3.63. The molecule has 11 heavy (non-hydrogen) atoms. The van der Waals surface area contributed by atoms with Crippen LogP contribution in [0.4, 0.5) is 0 Å². The zero-order chi connectivity index (χ0) is 8.10. The van der Waals surface area contributed by atoms with Crippen LogP contribution in [0, 0.1) is 0 Å². The molecule has 0 aliphatic heterocycles. The molecule has 1 rings (SSSR count). The molecule has 1 aliphatic rings. The van der Waals surface area contributed by atoms with Crippen LogP contribution < -0.4 is 0 Å². The highest BCUT2D eigenvalue weighted by atomic mass is 28.3. The number of allylic oxidation sites excluding steroid dienone is 2. The van der Waals surface area contributed by atoms with Crippen molar-refractivity contribution in [3.8, 4) is 0 Å². The van der Waals surface area contributed by atoms with Gasteiger partial charge in [0.1, 0.15) is 0 Å². The minimum atomic E-state index is -0.0254. The average molecular weight is 167 g/mol. The molecule has 0 saturated carbocycles. The molecule has 0 N–H and O–H groups in total. The molecular formula is C10H19Si. The van der Waals surface area contributed by atoms with Crippen LogP contribution in [0.15, 0.2) is 12.2 Å². The molecular weight excluding hydrogens is 148 g/mol. The van der Waals surface area contributed by atoms with Crippen LogP contribution in [0.5, 0.6) is 0 Å². The lowest BCUT2D eigenvalue weighted by atomic mass is 10.1. The second kappa shape index (κ2) is 4.76. The highest BCUT2D eigenvalue weighted by Gasteiger charge is 2.13. The molecule has 0 aromatic carbocycles. The van der Waals surface area contributed by atoms with Gasteiger partial charge in [-0.05, 0) is 24.8 Å². The van der Waals surface area contributed by atoms with Crippen molar-refractivity contribution in [3.63, 3.8) is 0 Å². The Bertz CT molecular complexity index is 127. The van der Waals surface area contributed by atoms with Crippen LogP contribution in [0.25, 0.3) is 0 Å². The van der Waals surface area contributed by atoms with Crippen molar-refractivity contribution in [1.82, 2.24) is 0 Å². The summed E-state index contributed by atoms with van der Waals surface area (Å²) in [7, 11) is -0.0254. The molecule has 1 heteroatoms. The average Bonchev–Trinajstić information content (AvgIpc) is 1.84. The Hall–Kier alpha value is -0.0431. The fourth-order valence-corrected chi connectivity index (χ4v) is 3.06. The number of rotatable bonds is 1. The van der Waals surface area contributed by atoms with Gasteiger partial charge in [0.15, 0.2) is 0 Å². The van der Waals surface area contributed by atoms with E-state index in [1.165, 1.54) is 32.1 Å². The van der Waals surface area contributed by atoms with Crippen LogP contribution in [0.3, 0.4) is 0 Å². The molecule has 1 radical (unpaired) electrons. The van der Waals surface area contributed by atoms with E-state index in [4.69, 9.17) is 0 Å². The van der Waals surface area contributed by atoms with Crippen molar-refractivity contribution in [3.05, 3.63) is 12.2 Å². The normalized spacial score (nSPS) is 29.5. The Morgan fingerprint density at radius 3 is 2.73 bits per heavy atom. The van der Waals surface area contributed by atoms with Gasteiger partial charge in [-0.1, -0.05) is 38.1 Å². The Balaban J connectivity index is 2.38. The summed E-state index contributed by atoms with van der Waals surface area (Å²) in [5.41, 5.74) is 1.05. The molecule has 1 unspecified atom stereocenters. The zero-order valence-electron chi connectivity index (χ0n) is 7.77. The zero-order valence-corrected chi connectivity index (χ0v) is 8.77. The van der Waals surface area contributed by atoms with Crippen LogP contribution in [-0.2, 0) is 0 Å². The molecule has 0 nitrogen and oxygen atoms in total. The lowest BCUT2D eigenvalue weighted by molar-refractivity contribution is 0.629. The molecule has 1 atom stereocenters. The summed E-state index contributed by atoms with van der Waals surface area (Å²) >= 11 is 0. The van der Waals surface area contributed by atoms with Crippen LogP contribution in [0.1, 0.15) is 32.1 Å². The molecule has 0 saturated heterocycles. The minimum Gasteiger partial charge on any atom is -0.0886 e. The largest absolute Gasteiger partial charge is 0.0886 e. The highest BCUT2D eigenvalue weighted by Crippen LogP contribution is 2.25. The Morgan fingerprint density at radius 1 is 1.18 bits per heavy atom. The van der Waals surface area contributed by atoms with E-state index in [1.54, 1.807) is 0 Å². The standard InChI is InChI=1S/C10H19Si/c1-11(2)10-8-6-4-3-5-7-9-10/h4,6,10H,3,5,7-9H2,1-2H3/b6-4-. The van der Waals surface area contributed by atoms with Crippen molar-refractivity contribution in [2.45, 2.75) is 50.7 Å². The topological polar surface area (TPSA) is 0 Å². The lowest BCUT2D eigenvalue weighted by Gasteiger charge is -2.19. The Kier molecular flexibility index (Phi) is 3.91. The van der Waals surface area contributed by atoms with Crippen LogP contribution in [0.2, 0.25) is 18.6 Å². The molecule has 0 aromatic heterocycles. The fraction of sp³-hybridized carbons (Fsp3) is 0.800. The van der Waals surface area contributed by atoms with Gasteiger partial charge in [0, 0.05) is 8.80 Å². The van der Waals surface area contributed by atoms with Gasteiger partial charge in [-0.25, -0.2) is 0 Å². The first-order chi connectivity index (χ1) is 5.30.